The summed E-state index contributed by atoms with van der Waals surface area (Å²) in [7, 11) is 0. The third-order valence-electron chi connectivity index (χ3n) is 3.52. The summed E-state index contributed by atoms with van der Waals surface area (Å²) in [6.45, 7) is 2.66. The Morgan fingerprint density at radius 3 is 2.48 bits per heavy atom. The number of benzene rings is 1. The molecule has 2 rings (SSSR count). The van der Waals surface area contributed by atoms with Gasteiger partial charge in [-0.25, -0.2) is 0 Å². The van der Waals surface area contributed by atoms with Crippen LogP contribution in [-0.2, 0) is 11.0 Å². The SMILES string of the molecule is CC(=O)NC1CCN(c2ccc(Cl)c(C(F)(F)F)c2)CC1. The van der Waals surface area contributed by atoms with Gasteiger partial charge in [0.05, 0.1) is 10.6 Å². The van der Waals surface area contributed by atoms with Gasteiger partial charge >= 0.3 is 6.18 Å². The molecule has 0 bridgehead atoms. The van der Waals surface area contributed by atoms with Gasteiger partial charge in [0, 0.05) is 31.7 Å². The van der Waals surface area contributed by atoms with Crippen molar-refractivity contribution < 1.29 is 18.0 Å². The predicted octanol–water partition coefficient (Wildman–Crippen LogP) is 3.46. The van der Waals surface area contributed by atoms with Crippen LogP contribution < -0.4 is 10.2 Å². The molecule has 0 aromatic heterocycles. The second-order valence-corrected chi connectivity index (χ2v) is 5.53. The normalized spacial score (nSPS) is 16.9. The number of nitrogens with zero attached hydrogens (tertiary/aromatic N) is 1. The Balaban J connectivity index is 2.09. The maximum Gasteiger partial charge on any atom is 0.417 e. The van der Waals surface area contributed by atoms with Gasteiger partial charge in [0.25, 0.3) is 0 Å². The Labute approximate surface area is 126 Å². The molecule has 0 unspecified atom stereocenters. The largest absolute Gasteiger partial charge is 0.417 e. The van der Waals surface area contributed by atoms with E-state index >= 15 is 0 Å². The van der Waals surface area contributed by atoms with Gasteiger partial charge in [-0.15, -0.1) is 0 Å². The lowest BCUT2D eigenvalue weighted by atomic mass is 10.0. The second kappa shape index (κ2) is 6.13. The van der Waals surface area contributed by atoms with E-state index in [9.17, 15) is 18.0 Å². The highest BCUT2D eigenvalue weighted by Crippen LogP contribution is 2.37. The van der Waals surface area contributed by atoms with Crippen LogP contribution in [0.1, 0.15) is 25.3 Å². The molecule has 1 heterocycles. The summed E-state index contributed by atoms with van der Waals surface area (Å²) in [6.07, 6.45) is -3.03. The number of amides is 1. The Kier molecular flexibility index (Phi) is 4.66. The molecule has 0 spiro atoms. The zero-order valence-corrected chi connectivity index (χ0v) is 12.3. The third-order valence-corrected chi connectivity index (χ3v) is 3.85. The number of nitrogens with one attached hydrogen (secondary N) is 1. The van der Waals surface area contributed by atoms with Gasteiger partial charge < -0.3 is 10.2 Å². The minimum Gasteiger partial charge on any atom is -0.371 e. The molecule has 0 radical (unpaired) electrons. The number of rotatable bonds is 2. The molecule has 0 atom stereocenters. The van der Waals surface area contributed by atoms with Crippen molar-refractivity contribution in [3.8, 4) is 0 Å². The standard InChI is InChI=1S/C14H16ClF3N2O/c1-9(21)19-10-4-6-20(7-5-10)11-2-3-13(15)12(8-11)14(16,17)18/h2-3,8,10H,4-7H2,1H3,(H,19,21). The van der Waals surface area contributed by atoms with Gasteiger partial charge in [0.15, 0.2) is 0 Å². The summed E-state index contributed by atoms with van der Waals surface area (Å²) in [6, 6.07) is 4.05. The zero-order chi connectivity index (χ0) is 15.6. The van der Waals surface area contributed by atoms with Crippen molar-refractivity contribution in [1.82, 2.24) is 5.32 Å². The molecule has 7 heteroatoms. The lowest BCUT2D eigenvalue weighted by Crippen LogP contribution is -2.44. The topological polar surface area (TPSA) is 32.3 Å². The molecule has 116 valence electrons. The van der Waals surface area contributed by atoms with Crippen LogP contribution in [0.2, 0.25) is 5.02 Å². The summed E-state index contributed by atoms with van der Waals surface area (Å²) in [4.78, 5) is 12.9. The number of anilines is 1. The maximum absolute atomic E-state index is 12.9. The first kappa shape index (κ1) is 15.9. The van der Waals surface area contributed by atoms with E-state index in [-0.39, 0.29) is 17.0 Å². The first-order valence-corrected chi connectivity index (χ1v) is 7.04. The van der Waals surface area contributed by atoms with E-state index < -0.39 is 11.7 Å². The maximum atomic E-state index is 12.9. The molecule has 3 nitrogen and oxygen atoms in total. The van der Waals surface area contributed by atoms with Crippen molar-refractivity contribution in [3.63, 3.8) is 0 Å². The quantitative estimate of drug-likeness (QED) is 0.905. The molecule has 1 aliphatic heterocycles. The van der Waals surface area contributed by atoms with Crippen molar-refractivity contribution in [2.45, 2.75) is 32.0 Å². The number of carbonyl (C=O) groups excluding carboxylic acids is 1. The first-order valence-electron chi connectivity index (χ1n) is 6.66. The molecule has 1 aromatic rings. The van der Waals surface area contributed by atoms with Crippen molar-refractivity contribution >= 4 is 23.2 Å². The third kappa shape index (κ3) is 4.03. The van der Waals surface area contributed by atoms with Crippen LogP contribution in [0.3, 0.4) is 0 Å². The molecule has 1 saturated heterocycles. The van der Waals surface area contributed by atoms with E-state index in [2.05, 4.69) is 5.32 Å². The molecule has 0 saturated carbocycles. The highest BCUT2D eigenvalue weighted by molar-refractivity contribution is 6.31. The molecule has 1 fully saturated rings. The van der Waals surface area contributed by atoms with Gasteiger partial charge in [-0.2, -0.15) is 13.2 Å². The van der Waals surface area contributed by atoms with Crippen molar-refractivity contribution in [1.29, 1.82) is 0 Å². The van der Waals surface area contributed by atoms with Gasteiger partial charge in [0.2, 0.25) is 5.91 Å². The van der Waals surface area contributed by atoms with Crippen LogP contribution in [0.15, 0.2) is 18.2 Å². The van der Waals surface area contributed by atoms with Crippen LogP contribution in [-0.4, -0.2) is 25.0 Å². The number of piperidine rings is 1. The van der Waals surface area contributed by atoms with Crippen molar-refractivity contribution in [3.05, 3.63) is 28.8 Å². The fourth-order valence-corrected chi connectivity index (χ4v) is 2.72. The predicted molar refractivity (Wildman–Crippen MR) is 75.5 cm³/mol. The van der Waals surface area contributed by atoms with E-state index in [0.717, 1.165) is 6.07 Å². The minimum absolute atomic E-state index is 0.0840. The van der Waals surface area contributed by atoms with Gasteiger partial charge in [-0.1, -0.05) is 11.6 Å². The zero-order valence-electron chi connectivity index (χ0n) is 11.5. The fraction of sp³-hybridized carbons (Fsp3) is 0.500. The fourth-order valence-electron chi connectivity index (χ4n) is 2.50. The summed E-state index contributed by atoms with van der Waals surface area (Å²) in [5.41, 5.74) is -0.307. The van der Waals surface area contributed by atoms with Gasteiger partial charge in [0.1, 0.15) is 0 Å². The number of hydrogen-bond donors (Lipinski definition) is 1. The Bertz CT molecular complexity index is 525. The molecule has 1 aliphatic rings. The molecule has 21 heavy (non-hydrogen) atoms. The molecule has 0 aliphatic carbocycles. The van der Waals surface area contributed by atoms with Crippen molar-refractivity contribution in [2.24, 2.45) is 0 Å². The van der Waals surface area contributed by atoms with Crippen LogP contribution in [0.4, 0.5) is 18.9 Å². The van der Waals surface area contributed by atoms with E-state index in [1.165, 1.54) is 13.0 Å². The van der Waals surface area contributed by atoms with E-state index in [1.807, 2.05) is 4.90 Å². The molecule has 1 aromatic carbocycles. The summed E-state index contributed by atoms with van der Waals surface area (Å²) < 4.78 is 38.6. The van der Waals surface area contributed by atoms with Gasteiger partial charge in [-0.05, 0) is 31.0 Å². The summed E-state index contributed by atoms with van der Waals surface area (Å²) in [5.74, 6) is -0.0840. The monoisotopic (exact) mass is 320 g/mol. The van der Waals surface area contributed by atoms with Crippen LogP contribution in [0.25, 0.3) is 0 Å². The van der Waals surface area contributed by atoms with E-state index in [0.29, 0.717) is 31.6 Å². The van der Waals surface area contributed by atoms with Gasteiger partial charge in [-0.3, -0.25) is 4.79 Å². The minimum atomic E-state index is -4.46. The number of halogens is 4. The smallest absolute Gasteiger partial charge is 0.371 e. The van der Waals surface area contributed by atoms with Crippen molar-refractivity contribution in [2.75, 3.05) is 18.0 Å². The van der Waals surface area contributed by atoms with Crippen LogP contribution >= 0.6 is 11.6 Å². The van der Waals surface area contributed by atoms with Crippen LogP contribution in [0, 0.1) is 0 Å². The molecular formula is C14H16ClF3N2O. The highest BCUT2D eigenvalue weighted by atomic mass is 35.5. The molecule has 1 N–H and O–H groups in total. The lowest BCUT2D eigenvalue weighted by molar-refractivity contribution is -0.137. The first-order chi connectivity index (χ1) is 9.77. The average Bonchev–Trinajstić information content (AvgIpc) is 2.38. The van der Waals surface area contributed by atoms with Crippen LogP contribution in [0.5, 0.6) is 0 Å². The molecule has 1 amide bonds. The molecular weight excluding hydrogens is 305 g/mol. The summed E-state index contributed by atoms with van der Waals surface area (Å²) >= 11 is 5.61. The average molecular weight is 321 g/mol. The Morgan fingerprint density at radius 2 is 1.95 bits per heavy atom. The second-order valence-electron chi connectivity index (χ2n) is 5.12. The Hall–Kier alpha value is -1.43. The lowest BCUT2D eigenvalue weighted by Gasteiger charge is -2.34. The Morgan fingerprint density at radius 1 is 1.33 bits per heavy atom. The van der Waals surface area contributed by atoms with E-state index in [1.54, 1.807) is 6.07 Å². The van der Waals surface area contributed by atoms with E-state index in [4.69, 9.17) is 11.6 Å². The number of carbonyl (C=O) groups is 1. The number of hydrogen-bond acceptors (Lipinski definition) is 2. The number of alkyl halides is 3. The summed E-state index contributed by atoms with van der Waals surface area (Å²) in [5, 5.41) is 2.54. The highest BCUT2D eigenvalue weighted by Gasteiger charge is 2.34.